The molecule has 1 heterocycles. The zero-order valence-corrected chi connectivity index (χ0v) is 19.5. The number of benzene rings is 2. The molecule has 0 saturated carbocycles. The molecule has 0 unspecified atom stereocenters. The number of hydrogen-bond acceptors (Lipinski definition) is 7. The number of allylic oxidation sites excluding steroid dienone is 4. The zero-order chi connectivity index (χ0) is 25.5. The Morgan fingerprint density at radius 3 is 2.43 bits per heavy atom. The molecule has 3 aromatic rings. The fourth-order valence-corrected chi connectivity index (χ4v) is 3.39. The summed E-state index contributed by atoms with van der Waals surface area (Å²) in [4.78, 5) is 16.0. The van der Waals surface area contributed by atoms with E-state index in [0.29, 0.717) is 16.8 Å². The Kier molecular flexibility index (Phi) is 8.06. The van der Waals surface area contributed by atoms with Crippen molar-refractivity contribution in [3.05, 3.63) is 108 Å². The lowest BCUT2D eigenvalue weighted by Gasteiger charge is -2.29. The van der Waals surface area contributed by atoms with Gasteiger partial charge in [0.2, 0.25) is 5.82 Å². The first kappa shape index (κ1) is 25.3. The fraction of sp³-hybridized carbons (Fsp3) is 0.115. The maximum absolute atomic E-state index is 14.7. The minimum Gasteiger partial charge on any atom is -0.465 e. The second-order valence-electron chi connectivity index (χ2n) is 7.15. The van der Waals surface area contributed by atoms with Gasteiger partial charge in [-0.3, -0.25) is 5.01 Å². The largest absolute Gasteiger partial charge is 0.465 e. The van der Waals surface area contributed by atoms with E-state index in [2.05, 4.69) is 33.5 Å². The van der Waals surface area contributed by atoms with Crippen LogP contribution in [-0.2, 0) is 4.74 Å². The van der Waals surface area contributed by atoms with Gasteiger partial charge in [-0.05, 0) is 37.3 Å². The molecule has 35 heavy (non-hydrogen) atoms. The van der Waals surface area contributed by atoms with E-state index < -0.39 is 17.6 Å². The number of carbonyl (C=O) groups excluding carboxylic acids is 1. The highest BCUT2D eigenvalue weighted by molar-refractivity contribution is 5.90. The Morgan fingerprint density at radius 1 is 1.14 bits per heavy atom. The molecule has 0 saturated heterocycles. The number of halogens is 2. The van der Waals surface area contributed by atoms with Crippen LogP contribution in [0.15, 0.2) is 89.9 Å². The molecule has 0 aliphatic carbocycles. The number of aromatic nitrogens is 2. The third-order valence-electron chi connectivity index (χ3n) is 5.09. The van der Waals surface area contributed by atoms with Crippen molar-refractivity contribution in [2.45, 2.75) is 6.92 Å². The van der Waals surface area contributed by atoms with Crippen LogP contribution in [0.4, 0.5) is 8.78 Å². The number of ether oxygens (including phenoxy) is 1. The van der Waals surface area contributed by atoms with Crippen LogP contribution in [0, 0.1) is 5.82 Å². The van der Waals surface area contributed by atoms with E-state index in [1.165, 1.54) is 30.3 Å². The molecular weight excluding hydrogens is 454 g/mol. The SMILES string of the molecule is C=C/C(F)=C(\C=C)N(NC)/C(=C(\C)c1nc(-c2ccc(C(=O)OC)cc2F)no1)c1ccccc1. The predicted octanol–water partition coefficient (Wildman–Crippen LogP) is 5.54. The third kappa shape index (κ3) is 5.25. The van der Waals surface area contributed by atoms with Crippen molar-refractivity contribution in [1.82, 2.24) is 20.6 Å². The van der Waals surface area contributed by atoms with Gasteiger partial charge in [-0.2, -0.15) is 4.98 Å². The quantitative estimate of drug-likeness (QED) is 0.246. The van der Waals surface area contributed by atoms with Crippen LogP contribution in [0.3, 0.4) is 0 Å². The number of rotatable bonds is 9. The Balaban J connectivity index is 2.16. The molecule has 0 bridgehead atoms. The molecule has 0 radical (unpaired) electrons. The van der Waals surface area contributed by atoms with Crippen LogP contribution >= 0.6 is 0 Å². The summed E-state index contributed by atoms with van der Waals surface area (Å²) in [7, 11) is 2.83. The number of hydrogen-bond donors (Lipinski definition) is 1. The van der Waals surface area contributed by atoms with Crippen LogP contribution in [-0.4, -0.2) is 35.3 Å². The average molecular weight is 478 g/mol. The lowest BCUT2D eigenvalue weighted by Crippen LogP contribution is -2.33. The van der Waals surface area contributed by atoms with E-state index in [0.717, 1.165) is 12.1 Å². The average Bonchev–Trinajstić information content (AvgIpc) is 3.38. The highest BCUT2D eigenvalue weighted by Gasteiger charge is 2.23. The Hall–Kier alpha value is -4.37. The molecule has 180 valence electrons. The fourth-order valence-electron chi connectivity index (χ4n) is 3.39. The van der Waals surface area contributed by atoms with Crippen LogP contribution in [0.1, 0.15) is 28.7 Å². The molecule has 1 aromatic heterocycles. The molecule has 0 spiro atoms. The lowest BCUT2D eigenvalue weighted by atomic mass is 10.1. The second-order valence-corrected chi connectivity index (χ2v) is 7.15. The molecule has 0 atom stereocenters. The van der Waals surface area contributed by atoms with Gasteiger partial charge in [0, 0.05) is 18.2 Å². The normalized spacial score (nSPS) is 12.4. The minimum absolute atomic E-state index is 0.0200. The van der Waals surface area contributed by atoms with Crippen molar-refractivity contribution < 1.29 is 22.8 Å². The summed E-state index contributed by atoms with van der Waals surface area (Å²) in [5.41, 5.74) is 4.85. The molecular formula is C26H24F2N4O3. The molecule has 0 aliphatic rings. The van der Waals surface area contributed by atoms with E-state index in [9.17, 15) is 13.6 Å². The third-order valence-corrected chi connectivity index (χ3v) is 5.09. The van der Waals surface area contributed by atoms with Crippen LogP contribution in [0.5, 0.6) is 0 Å². The van der Waals surface area contributed by atoms with Gasteiger partial charge < -0.3 is 9.26 Å². The van der Waals surface area contributed by atoms with Gasteiger partial charge in [-0.25, -0.2) is 19.0 Å². The van der Waals surface area contributed by atoms with E-state index >= 15 is 0 Å². The smallest absolute Gasteiger partial charge is 0.337 e. The van der Waals surface area contributed by atoms with Gasteiger partial charge >= 0.3 is 5.97 Å². The van der Waals surface area contributed by atoms with E-state index in [1.807, 2.05) is 30.3 Å². The number of nitrogens with one attached hydrogen (secondary N) is 1. The summed E-state index contributed by atoms with van der Waals surface area (Å²) in [6, 6.07) is 13.0. The van der Waals surface area contributed by atoms with Crippen molar-refractivity contribution in [2.24, 2.45) is 0 Å². The Labute approximate surface area is 201 Å². The van der Waals surface area contributed by atoms with Gasteiger partial charge in [0.25, 0.3) is 5.89 Å². The molecule has 0 amide bonds. The van der Waals surface area contributed by atoms with Gasteiger partial charge in [0.05, 0.1) is 29.6 Å². The first-order chi connectivity index (χ1) is 16.9. The summed E-state index contributed by atoms with van der Waals surface area (Å²) in [5, 5.41) is 5.38. The monoisotopic (exact) mass is 478 g/mol. The molecule has 3 rings (SSSR count). The summed E-state index contributed by atoms with van der Waals surface area (Å²) in [5.74, 6) is -1.92. The summed E-state index contributed by atoms with van der Waals surface area (Å²) >= 11 is 0. The number of nitrogens with zero attached hydrogens (tertiary/aromatic N) is 3. The summed E-state index contributed by atoms with van der Waals surface area (Å²) in [6.45, 7) is 8.92. The Bertz CT molecular complexity index is 1310. The van der Waals surface area contributed by atoms with Crippen LogP contribution < -0.4 is 5.43 Å². The van der Waals surface area contributed by atoms with E-state index in [4.69, 9.17) is 4.52 Å². The van der Waals surface area contributed by atoms with Crippen LogP contribution in [0.25, 0.3) is 22.7 Å². The van der Waals surface area contributed by atoms with Gasteiger partial charge in [0.1, 0.15) is 11.6 Å². The van der Waals surface area contributed by atoms with E-state index in [-0.39, 0.29) is 28.5 Å². The minimum atomic E-state index is -0.716. The van der Waals surface area contributed by atoms with Crippen molar-refractivity contribution in [2.75, 3.05) is 14.2 Å². The first-order valence-electron chi connectivity index (χ1n) is 10.5. The standard InChI is InChI=1S/C26H24F2N4O3/c1-6-20(27)22(7-2)32(29-4)23(17-11-9-8-10-12-17)16(3)25-30-24(31-35-25)19-14-13-18(15-21(19)28)26(33)34-5/h6-15,29H,1-2H2,3-5H3/b22-20-,23-16+. The van der Waals surface area contributed by atoms with Crippen LogP contribution in [0.2, 0.25) is 0 Å². The highest BCUT2D eigenvalue weighted by Crippen LogP contribution is 2.32. The second kappa shape index (κ2) is 11.2. The first-order valence-corrected chi connectivity index (χ1v) is 10.5. The molecule has 2 aromatic carbocycles. The van der Waals surface area contributed by atoms with Crippen molar-refractivity contribution in [3.8, 4) is 11.4 Å². The lowest BCUT2D eigenvalue weighted by molar-refractivity contribution is 0.0600. The molecule has 7 nitrogen and oxygen atoms in total. The molecule has 1 N–H and O–H groups in total. The predicted molar refractivity (Wildman–Crippen MR) is 129 cm³/mol. The van der Waals surface area contributed by atoms with E-state index in [1.54, 1.807) is 14.0 Å². The summed E-state index contributed by atoms with van der Waals surface area (Å²) < 4.78 is 39.4. The zero-order valence-electron chi connectivity index (χ0n) is 19.5. The Morgan fingerprint density at radius 2 is 1.86 bits per heavy atom. The van der Waals surface area contributed by atoms with Gasteiger partial charge in [-0.15, -0.1) is 0 Å². The maximum Gasteiger partial charge on any atom is 0.337 e. The maximum atomic E-state index is 14.7. The van der Waals surface area contributed by atoms with Crippen molar-refractivity contribution >= 4 is 17.2 Å². The van der Waals surface area contributed by atoms with Gasteiger partial charge in [-0.1, -0.05) is 48.6 Å². The molecule has 0 fully saturated rings. The number of hydrazine groups is 1. The number of esters is 1. The summed E-state index contributed by atoms with van der Waals surface area (Å²) in [6.07, 6.45) is 2.42. The van der Waals surface area contributed by atoms with Crippen molar-refractivity contribution in [1.29, 1.82) is 0 Å². The number of methoxy groups -OCH3 is 1. The molecule has 0 aliphatic heterocycles. The van der Waals surface area contributed by atoms with Crippen molar-refractivity contribution in [3.63, 3.8) is 0 Å². The number of carbonyl (C=O) groups is 1. The van der Waals surface area contributed by atoms with Gasteiger partial charge in [0.15, 0.2) is 0 Å². The highest BCUT2D eigenvalue weighted by atomic mass is 19.1. The topological polar surface area (TPSA) is 80.5 Å². The molecule has 9 heteroatoms.